The Morgan fingerprint density at radius 1 is 0.705 bits per heavy atom. The number of carbonyl (C=O) groups is 4. The highest BCUT2D eigenvalue weighted by Gasteiger charge is 2.31. The highest BCUT2D eigenvalue weighted by molar-refractivity contribution is 6.03. The summed E-state index contributed by atoms with van der Waals surface area (Å²) in [5, 5.41) is 4.26. The van der Waals surface area contributed by atoms with Gasteiger partial charge in [-0.05, 0) is 65.6 Å². The van der Waals surface area contributed by atoms with Gasteiger partial charge < -0.3 is 19.6 Å². The van der Waals surface area contributed by atoms with Gasteiger partial charge in [0, 0.05) is 97.1 Å². The third kappa shape index (κ3) is 11.1. The molecule has 0 spiro atoms. The molecule has 4 amide bonds. The van der Waals surface area contributed by atoms with Gasteiger partial charge in [0.25, 0.3) is 11.8 Å². The third-order valence-corrected chi connectivity index (χ3v) is 12.0. The molecule has 14 heteroatoms. The largest absolute Gasteiger partial charge is 0.338 e. The van der Waals surface area contributed by atoms with Crippen LogP contribution < -0.4 is 5.43 Å². The number of piperazine rings is 2. The van der Waals surface area contributed by atoms with Gasteiger partial charge in [-0.2, -0.15) is 5.10 Å². The minimum atomic E-state index is -0.618. The average Bonchev–Trinajstić information content (AvgIpc) is 3.29. The van der Waals surface area contributed by atoms with Crippen LogP contribution in [0.2, 0.25) is 0 Å². The second-order valence-electron chi connectivity index (χ2n) is 16.2. The molecule has 3 aromatic carbocycles. The van der Waals surface area contributed by atoms with Crippen molar-refractivity contribution in [1.29, 1.82) is 0 Å². The number of likely N-dealkylation sites (tertiary alicyclic amines) is 1. The summed E-state index contributed by atoms with van der Waals surface area (Å²) in [5.41, 5.74) is 7.04. The van der Waals surface area contributed by atoms with E-state index in [0.717, 1.165) is 68.7 Å². The smallest absolute Gasteiger partial charge is 0.275 e. The topological polar surface area (TPSA) is 122 Å². The maximum atomic E-state index is 15.2. The van der Waals surface area contributed by atoms with Gasteiger partial charge >= 0.3 is 0 Å². The lowest BCUT2D eigenvalue weighted by Gasteiger charge is -2.40. The van der Waals surface area contributed by atoms with Crippen LogP contribution in [0.5, 0.6) is 0 Å². The number of pyridine rings is 1. The quantitative estimate of drug-likeness (QED) is 0.155. The van der Waals surface area contributed by atoms with E-state index in [0.29, 0.717) is 68.6 Å². The van der Waals surface area contributed by atoms with E-state index in [1.54, 1.807) is 33.0 Å². The molecule has 0 atom stereocenters. The van der Waals surface area contributed by atoms with Gasteiger partial charge in [-0.15, -0.1) is 0 Å². The number of aromatic nitrogens is 1. The molecule has 12 nitrogen and oxygen atoms in total. The first-order valence-corrected chi connectivity index (χ1v) is 21.3. The number of carbonyl (C=O) groups excluding carboxylic acids is 4. The maximum Gasteiger partial charge on any atom is 0.275 e. The second kappa shape index (κ2) is 20.1. The van der Waals surface area contributed by atoms with Crippen LogP contribution in [-0.4, -0.2) is 137 Å². The first-order chi connectivity index (χ1) is 29.5. The molecule has 0 aliphatic carbocycles. The maximum absolute atomic E-state index is 15.2. The lowest BCUT2D eigenvalue weighted by molar-refractivity contribution is -0.134. The van der Waals surface area contributed by atoms with E-state index < -0.39 is 17.5 Å². The van der Waals surface area contributed by atoms with Gasteiger partial charge in [-0.1, -0.05) is 67.6 Å². The number of hydrazone groups is 1. The summed E-state index contributed by atoms with van der Waals surface area (Å²) < 4.78 is 30.2. The highest BCUT2D eigenvalue weighted by atomic mass is 19.1. The molecule has 3 fully saturated rings. The number of nitrogens with one attached hydrogen (secondary N) is 1. The van der Waals surface area contributed by atoms with Gasteiger partial charge in [-0.25, -0.2) is 19.2 Å². The Labute approximate surface area is 356 Å². The molecule has 0 bridgehead atoms. The predicted molar refractivity (Wildman–Crippen MR) is 230 cm³/mol. The number of halogens is 2. The fourth-order valence-corrected chi connectivity index (χ4v) is 8.33. The Morgan fingerprint density at radius 2 is 1.39 bits per heavy atom. The number of piperidine rings is 1. The SMILES string of the molecule is CCc1cccc(-c2cnc(C(=O)N3CCC(CN4CCN(CC(=O)N5CCN(C(=O)c6cc(C/C(=N/NC(C)=O)c7ccccc7)ccc6F)CC5)CC4)CC3)c(F)c2)c1. The van der Waals surface area contributed by atoms with Crippen molar-refractivity contribution in [2.75, 3.05) is 78.5 Å². The third-order valence-electron chi connectivity index (χ3n) is 12.0. The number of amides is 4. The van der Waals surface area contributed by atoms with Gasteiger partial charge in [0.05, 0.1) is 17.8 Å². The molecule has 4 aromatic rings. The molecule has 320 valence electrons. The number of nitrogens with zero attached hydrogens (tertiary/aromatic N) is 7. The summed E-state index contributed by atoms with van der Waals surface area (Å²) in [6.07, 6.45) is 4.41. The van der Waals surface area contributed by atoms with Crippen LogP contribution in [-0.2, 0) is 22.4 Å². The van der Waals surface area contributed by atoms with E-state index in [4.69, 9.17) is 0 Å². The summed E-state index contributed by atoms with van der Waals surface area (Å²) in [6, 6.07) is 23.1. The van der Waals surface area contributed by atoms with Crippen molar-refractivity contribution in [3.8, 4) is 11.1 Å². The number of hydrogen-bond donors (Lipinski definition) is 1. The van der Waals surface area contributed by atoms with E-state index in [1.165, 1.54) is 19.1 Å². The van der Waals surface area contributed by atoms with Gasteiger partial charge in [0.1, 0.15) is 5.82 Å². The molecule has 0 unspecified atom stereocenters. The molecule has 7 rings (SSSR count). The molecule has 1 N–H and O–H groups in total. The minimum Gasteiger partial charge on any atom is -0.338 e. The predicted octanol–water partition coefficient (Wildman–Crippen LogP) is 5.13. The van der Waals surface area contributed by atoms with Crippen LogP contribution in [0.25, 0.3) is 11.1 Å². The van der Waals surface area contributed by atoms with E-state index in [2.05, 4.69) is 32.2 Å². The summed E-state index contributed by atoms with van der Waals surface area (Å²) in [5.74, 6) is -1.88. The van der Waals surface area contributed by atoms with Gasteiger partial charge in [0.2, 0.25) is 11.8 Å². The van der Waals surface area contributed by atoms with Crippen molar-refractivity contribution >= 4 is 29.3 Å². The summed E-state index contributed by atoms with van der Waals surface area (Å²) in [4.78, 5) is 65.7. The van der Waals surface area contributed by atoms with Gasteiger partial charge in [0.15, 0.2) is 11.5 Å². The lowest BCUT2D eigenvalue weighted by atomic mass is 9.95. The van der Waals surface area contributed by atoms with Crippen LogP contribution >= 0.6 is 0 Å². The van der Waals surface area contributed by atoms with Crippen LogP contribution in [0.3, 0.4) is 0 Å². The normalized spacial score (nSPS) is 17.0. The molecule has 1 aromatic heterocycles. The Balaban J connectivity index is 0.826. The Hall–Kier alpha value is -5.86. The van der Waals surface area contributed by atoms with Crippen molar-refractivity contribution in [3.05, 3.63) is 125 Å². The molecule has 3 aliphatic heterocycles. The van der Waals surface area contributed by atoms with Gasteiger partial charge in [-0.3, -0.25) is 24.1 Å². The van der Waals surface area contributed by atoms with E-state index in [9.17, 15) is 19.2 Å². The van der Waals surface area contributed by atoms with Crippen molar-refractivity contribution in [2.24, 2.45) is 11.0 Å². The molecule has 4 heterocycles. The number of hydrogen-bond acceptors (Lipinski definition) is 8. The van der Waals surface area contributed by atoms with E-state index >= 15 is 8.78 Å². The molecular formula is C47H54F2N8O4. The zero-order chi connectivity index (χ0) is 42.9. The number of aryl methyl sites for hydroxylation is 1. The molecule has 61 heavy (non-hydrogen) atoms. The fraction of sp³-hybridized carbons (Fsp3) is 0.404. The standard InChI is InChI=1S/C47H54F2N8O4/c1-3-34-8-7-11-38(26-34)39-29-42(49)45(50-30-39)47(61)56-16-14-35(15-17-56)31-53-18-20-54(21-19-53)32-44(59)55-22-24-57(25-23-55)46(60)40-27-36(12-13-41(40)48)28-43(52-51-33(2)58)37-9-5-4-6-10-37/h4-13,26-27,29-30,35H,3,14-25,28,31-32H2,1-2H3,(H,51,58)/b52-43-. The lowest BCUT2D eigenvalue weighted by Crippen LogP contribution is -2.55. The Kier molecular flexibility index (Phi) is 14.3. The monoisotopic (exact) mass is 832 g/mol. The first kappa shape index (κ1) is 43.2. The van der Waals surface area contributed by atoms with Crippen LogP contribution in [0.15, 0.2) is 90.2 Å². The second-order valence-corrected chi connectivity index (χ2v) is 16.2. The summed E-state index contributed by atoms with van der Waals surface area (Å²) in [7, 11) is 0. The minimum absolute atomic E-state index is 0.0175. The van der Waals surface area contributed by atoms with Crippen molar-refractivity contribution in [2.45, 2.75) is 39.5 Å². The van der Waals surface area contributed by atoms with E-state index in [1.807, 2.05) is 54.6 Å². The summed E-state index contributed by atoms with van der Waals surface area (Å²) in [6.45, 7) is 10.3. The molecule has 3 saturated heterocycles. The zero-order valence-electron chi connectivity index (χ0n) is 35.0. The first-order valence-electron chi connectivity index (χ1n) is 21.3. The highest BCUT2D eigenvalue weighted by Crippen LogP contribution is 2.25. The number of benzene rings is 3. The van der Waals surface area contributed by atoms with Crippen molar-refractivity contribution in [3.63, 3.8) is 0 Å². The number of rotatable bonds is 12. The molecule has 0 saturated carbocycles. The van der Waals surface area contributed by atoms with Crippen LogP contribution in [0, 0.1) is 17.6 Å². The van der Waals surface area contributed by atoms with Crippen LogP contribution in [0.4, 0.5) is 8.78 Å². The molecule has 0 radical (unpaired) electrons. The molecule has 3 aliphatic rings. The molecular weight excluding hydrogens is 779 g/mol. The Bertz CT molecular complexity index is 2230. The van der Waals surface area contributed by atoms with Crippen molar-refractivity contribution < 1.29 is 28.0 Å². The zero-order valence-corrected chi connectivity index (χ0v) is 35.0. The van der Waals surface area contributed by atoms with E-state index in [-0.39, 0.29) is 35.4 Å². The van der Waals surface area contributed by atoms with Crippen LogP contribution in [0.1, 0.15) is 64.2 Å². The fourth-order valence-electron chi connectivity index (χ4n) is 8.33. The average molecular weight is 833 g/mol. The summed E-state index contributed by atoms with van der Waals surface area (Å²) >= 11 is 0. The Morgan fingerprint density at radius 3 is 2.08 bits per heavy atom. The van der Waals surface area contributed by atoms with Crippen molar-refractivity contribution in [1.82, 2.24) is 34.9 Å².